The van der Waals surface area contributed by atoms with E-state index in [2.05, 4.69) is 38.3 Å². The molecular formula is C20H14ClIN4O2. The molecule has 0 fully saturated rings. The minimum absolute atomic E-state index is 0.306. The smallest absolute Gasteiger partial charge is 0.276 e. The van der Waals surface area contributed by atoms with E-state index in [1.807, 2.05) is 18.2 Å². The molecule has 6 nitrogen and oxygen atoms in total. The second kappa shape index (κ2) is 7.76. The van der Waals surface area contributed by atoms with E-state index in [0.29, 0.717) is 21.8 Å². The fourth-order valence-electron chi connectivity index (χ4n) is 2.98. The number of fused-ring (bicyclic) bond motifs is 1. The second-order valence-electron chi connectivity index (χ2n) is 6.14. The fraction of sp³-hybridized carbons (Fsp3) is 0.0500. The van der Waals surface area contributed by atoms with Gasteiger partial charge in [-0.1, -0.05) is 23.7 Å². The first-order valence-corrected chi connectivity index (χ1v) is 9.85. The Balaban J connectivity index is 1.74. The Morgan fingerprint density at radius 3 is 2.68 bits per heavy atom. The third-order valence-corrected chi connectivity index (χ3v) is 5.22. The van der Waals surface area contributed by atoms with Crippen molar-refractivity contribution in [2.45, 2.75) is 6.17 Å². The quantitative estimate of drug-likeness (QED) is 0.523. The number of carbonyl (C=O) groups is 2. The number of hydrazine groups is 1. The zero-order chi connectivity index (χ0) is 19.7. The Morgan fingerprint density at radius 2 is 1.93 bits per heavy atom. The van der Waals surface area contributed by atoms with E-state index >= 15 is 0 Å². The summed E-state index contributed by atoms with van der Waals surface area (Å²) in [6.07, 6.45) is 2.44. The van der Waals surface area contributed by atoms with E-state index in [-0.39, 0.29) is 5.91 Å². The molecule has 0 radical (unpaired) electrons. The van der Waals surface area contributed by atoms with Gasteiger partial charge in [0.05, 0.1) is 5.56 Å². The SMILES string of the molecule is O=C(NN1C(=O)c2cc(I)ccc2N[C@H]1c1cccc(Cl)c1)c1ccncc1. The van der Waals surface area contributed by atoms with Crippen LogP contribution in [0.2, 0.25) is 5.02 Å². The van der Waals surface area contributed by atoms with Crippen molar-refractivity contribution in [1.29, 1.82) is 0 Å². The third-order valence-electron chi connectivity index (χ3n) is 4.31. The third kappa shape index (κ3) is 3.67. The topological polar surface area (TPSA) is 74.3 Å². The summed E-state index contributed by atoms with van der Waals surface area (Å²) in [6.45, 7) is 0. The predicted octanol–water partition coefficient (Wildman–Crippen LogP) is 4.25. The van der Waals surface area contributed by atoms with Gasteiger partial charge in [-0.25, -0.2) is 5.01 Å². The highest BCUT2D eigenvalue weighted by Crippen LogP contribution is 2.33. The number of nitrogens with zero attached hydrogens (tertiary/aromatic N) is 2. The van der Waals surface area contributed by atoms with Gasteiger partial charge in [0.1, 0.15) is 6.17 Å². The zero-order valence-corrected chi connectivity index (χ0v) is 17.3. The molecule has 140 valence electrons. The van der Waals surface area contributed by atoms with Crippen LogP contribution in [0.15, 0.2) is 67.0 Å². The van der Waals surface area contributed by atoms with Crippen LogP contribution in [-0.2, 0) is 0 Å². The molecule has 0 saturated heterocycles. The lowest BCUT2D eigenvalue weighted by Gasteiger charge is -2.38. The highest BCUT2D eigenvalue weighted by atomic mass is 127. The summed E-state index contributed by atoms with van der Waals surface area (Å²) in [6, 6.07) is 15.9. The minimum Gasteiger partial charge on any atom is -0.359 e. The van der Waals surface area contributed by atoms with Gasteiger partial charge >= 0.3 is 0 Å². The molecule has 0 saturated carbocycles. The fourth-order valence-corrected chi connectivity index (χ4v) is 3.67. The Morgan fingerprint density at radius 1 is 1.14 bits per heavy atom. The highest BCUT2D eigenvalue weighted by Gasteiger charge is 2.34. The molecule has 3 aromatic rings. The monoisotopic (exact) mass is 504 g/mol. The van der Waals surface area contributed by atoms with Gasteiger partial charge in [0.25, 0.3) is 11.8 Å². The van der Waals surface area contributed by atoms with E-state index in [1.54, 1.807) is 36.4 Å². The number of hydrogen-bond acceptors (Lipinski definition) is 4. The maximum Gasteiger partial charge on any atom is 0.276 e. The number of rotatable bonds is 3. The van der Waals surface area contributed by atoms with E-state index in [4.69, 9.17) is 11.6 Å². The molecule has 8 heteroatoms. The number of benzene rings is 2. The number of pyridine rings is 1. The van der Waals surface area contributed by atoms with Crippen molar-refractivity contribution in [2.75, 3.05) is 5.32 Å². The van der Waals surface area contributed by atoms with Gasteiger partial charge in [-0.3, -0.25) is 20.0 Å². The summed E-state index contributed by atoms with van der Waals surface area (Å²) >= 11 is 8.29. The van der Waals surface area contributed by atoms with Crippen molar-refractivity contribution in [3.63, 3.8) is 0 Å². The number of nitrogens with one attached hydrogen (secondary N) is 2. The van der Waals surface area contributed by atoms with Crippen molar-refractivity contribution >= 4 is 51.7 Å². The van der Waals surface area contributed by atoms with E-state index in [0.717, 1.165) is 9.13 Å². The van der Waals surface area contributed by atoms with Crippen LogP contribution >= 0.6 is 34.2 Å². The molecule has 0 unspecified atom stereocenters. The lowest BCUT2D eigenvalue weighted by molar-refractivity contribution is 0.0491. The summed E-state index contributed by atoms with van der Waals surface area (Å²) in [7, 11) is 0. The average molecular weight is 505 g/mol. The Bertz CT molecular complexity index is 1060. The molecule has 4 rings (SSSR count). The van der Waals surface area contributed by atoms with Crippen molar-refractivity contribution in [2.24, 2.45) is 0 Å². The van der Waals surface area contributed by atoms with Crippen molar-refractivity contribution in [3.8, 4) is 0 Å². The van der Waals surface area contributed by atoms with Gasteiger partial charge in [-0.2, -0.15) is 0 Å². The molecule has 1 aromatic heterocycles. The van der Waals surface area contributed by atoms with Crippen LogP contribution in [-0.4, -0.2) is 21.8 Å². The zero-order valence-electron chi connectivity index (χ0n) is 14.4. The summed E-state index contributed by atoms with van der Waals surface area (Å²) in [5.41, 5.74) is 5.06. The molecule has 0 spiro atoms. The van der Waals surface area contributed by atoms with Crippen molar-refractivity contribution in [1.82, 2.24) is 15.4 Å². The van der Waals surface area contributed by atoms with Crippen LogP contribution in [0.3, 0.4) is 0 Å². The van der Waals surface area contributed by atoms with Gasteiger partial charge in [-0.05, 0) is 70.6 Å². The van der Waals surface area contributed by atoms with E-state index < -0.39 is 12.1 Å². The van der Waals surface area contributed by atoms with Crippen molar-refractivity contribution in [3.05, 3.63) is 92.3 Å². The first-order valence-electron chi connectivity index (χ1n) is 8.39. The molecular weight excluding hydrogens is 491 g/mol. The Labute approximate surface area is 180 Å². The Hall–Kier alpha value is -2.65. The molecule has 1 aliphatic rings. The minimum atomic E-state index is -0.607. The molecule has 2 heterocycles. The molecule has 1 aliphatic heterocycles. The first kappa shape index (κ1) is 18.7. The number of amides is 2. The van der Waals surface area contributed by atoms with Gasteiger partial charge in [0.2, 0.25) is 0 Å². The van der Waals surface area contributed by atoms with Crippen LogP contribution in [0.25, 0.3) is 0 Å². The maximum atomic E-state index is 13.2. The molecule has 0 aliphatic carbocycles. The normalized spacial score (nSPS) is 15.6. The first-order chi connectivity index (χ1) is 13.5. The Kier molecular flexibility index (Phi) is 5.19. The average Bonchev–Trinajstić information content (AvgIpc) is 2.71. The van der Waals surface area contributed by atoms with Crippen LogP contribution in [0.1, 0.15) is 32.4 Å². The van der Waals surface area contributed by atoms with Gasteiger partial charge < -0.3 is 5.32 Å². The maximum absolute atomic E-state index is 13.2. The van der Waals surface area contributed by atoms with Crippen LogP contribution in [0, 0.1) is 3.57 Å². The largest absolute Gasteiger partial charge is 0.359 e. The molecule has 2 aromatic carbocycles. The summed E-state index contributed by atoms with van der Waals surface area (Å²) < 4.78 is 0.924. The number of aromatic nitrogens is 1. The van der Waals surface area contributed by atoms with E-state index in [1.165, 1.54) is 17.4 Å². The number of carbonyl (C=O) groups excluding carboxylic acids is 2. The standard InChI is InChI=1S/C20H14ClIN4O2/c21-14-3-1-2-13(10-14)18-24-17-5-4-15(22)11-16(17)20(28)26(18)25-19(27)12-6-8-23-9-7-12/h1-11,18,24H,(H,25,27)/t18-/m1/s1. The number of anilines is 1. The summed E-state index contributed by atoms with van der Waals surface area (Å²) in [4.78, 5) is 29.8. The van der Waals surface area contributed by atoms with Crippen LogP contribution < -0.4 is 10.7 Å². The van der Waals surface area contributed by atoms with Gasteiger partial charge in [-0.15, -0.1) is 0 Å². The van der Waals surface area contributed by atoms with Gasteiger partial charge in [0, 0.05) is 32.2 Å². The lowest BCUT2D eigenvalue weighted by atomic mass is 10.0. The van der Waals surface area contributed by atoms with E-state index in [9.17, 15) is 9.59 Å². The summed E-state index contributed by atoms with van der Waals surface area (Å²) in [5.74, 6) is -0.710. The number of hydrogen-bond donors (Lipinski definition) is 2. The molecule has 0 bridgehead atoms. The lowest BCUT2D eigenvalue weighted by Crippen LogP contribution is -2.52. The molecule has 1 atom stereocenters. The predicted molar refractivity (Wildman–Crippen MR) is 115 cm³/mol. The van der Waals surface area contributed by atoms with Crippen molar-refractivity contribution < 1.29 is 9.59 Å². The summed E-state index contributed by atoms with van der Waals surface area (Å²) in [5, 5.41) is 5.16. The van der Waals surface area contributed by atoms with Crippen LogP contribution in [0.4, 0.5) is 5.69 Å². The molecule has 2 N–H and O–H groups in total. The highest BCUT2D eigenvalue weighted by molar-refractivity contribution is 14.1. The van der Waals surface area contributed by atoms with Gasteiger partial charge in [0.15, 0.2) is 0 Å². The number of halogens is 2. The van der Waals surface area contributed by atoms with Crippen LogP contribution in [0.5, 0.6) is 0 Å². The second-order valence-corrected chi connectivity index (χ2v) is 7.83. The molecule has 2 amide bonds. The molecule has 28 heavy (non-hydrogen) atoms.